The standard InChI is InChI=1S/C30H36N4O5.C25H28N4O4/c1-20-17-22(24-7-5-6-8-25(24)32-20)18-39-23-11-9-21(10-12-23)26(35)31-19-30(27(36)33-38)13-15-34(16-14-30)28(37)29(2,3)4;1-17-14-19(21-4-2-3-5-22(21)28-17)15-33-20-8-6-18(7-9-20)23(30)27-16-25(24(31)29-32)10-12-26-13-11-25/h5-12,17,38H,13-16,18-19H2,1-4H3,(H,31,35)(H,33,36);2-9,14,26,32H,10-13,15-16H2,1H3,(H,27,30)(H,29,31). The molecule has 0 radical (unpaired) electrons. The minimum atomic E-state index is -1.01. The Morgan fingerprint density at radius 1 is 0.611 bits per heavy atom. The largest absolute Gasteiger partial charge is 0.489 e. The van der Waals surface area contributed by atoms with Crippen LogP contribution in [0.1, 0.15) is 89.7 Å². The van der Waals surface area contributed by atoms with Crippen molar-refractivity contribution in [3.63, 3.8) is 0 Å². The third kappa shape index (κ3) is 12.7. The van der Waals surface area contributed by atoms with Gasteiger partial charge in [0.25, 0.3) is 23.6 Å². The maximum atomic E-state index is 12.9. The maximum absolute atomic E-state index is 12.9. The number of nitrogens with one attached hydrogen (secondary N) is 5. The summed E-state index contributed by atoms with van der Waals surface area (Å²) < 4.78 is 11.9. The molecule has 0 bridgehead atoms. The van der Waals surface area contributed by atoms with E-state index in [4.69, 9.17) is 14.7 Å². The van der Waals surface area contributed by atoms with Gasteiger partial charge >= 0.3 is 0 Å². The molecule has 17 nitrogen and oxygen atoms in total. The van der Waals surface area contributed by atoms with Crippen LogP contribution in [-0.4, -0.2) is 94.1 Å². The second kappa shape index (κ2) is 23.2. The van der Waals surface area contributed by atoms with Gasteiger partial charge in [0.05, 0.1) is 21.9 Å². The Hall–Kier alpha value is -7.47. The van der Waals surface area contributed by atoms with Gasteiger partial charge in [-0.25, -0.2) is 11.0 Å². The number of amides is 5. The average Bonchev–Trinajstić information content (AvgIpc) is 3.40. The van der Waals surface area contributed by atoms with Crippen LogP contribution in [0, 0.1) is 30.1 Å². The number of fused-ring (bicyclic) bond motifs is 2. The molecule has 378 valence electrons. The molecule has 0 saturated carbocycles. The molecular formula is C55H64N8O9. The van der Waals surface area contributed by atoms with E-state index in [9.17, 15) is 29.2 Å². The highest BCUT2D eigenvalue weighted by Crippen LogP contribution is 2.34. The number of ether oxygens (including phenoxy) is 2. The van der Waals surface area contributed by atoms with Crippen LogP contribution in [0.4, 0.5) is 0 Å². The summed E-state index contributed by atoms with van der Waals surface area (Å²) in [6, 6.07) is 33.6. The number of aryl methyl sites for hydroxylation is 2. The van der Waals surface area contributed by atoms with Crippen LogP contribution in [0.2, 0.25) is 0 Å². The van der Waals surface area contributed by atoms with Crippen molar-refractivity contribution in [1.82, 2.24) is 41.8 Å². The highest BCUT2D eigenvalue weighted by atomic mass is 16.5. The lowest BCUT2D eigenvalue weighted by atomic mass is 9.76. The number of pyridine rings is 2. The summed E-state index contributed by atoms with van der Waals surface area (Å²) in [5, 5.41) is 29.4. The Balaban J connectivity index is 0.000000214. The van der Waals surface area contributed by atoms with Crippen molar-refractivity contribution in [2.45, 2.75) is 73.5 Å². The third-order valence-electron chi connectivity index (χ3n) is 13.4. The average molecular weight is 981 g/mol. The van der Waals surface area contributed by atoms with Crippen molar-refractivity contribution in [2.24, 2.45) is 16.2 Å². The first-order chi connectivity index (χ1) is 34.5. The van der Waals surface area contributed by atoms with Gasteiger partial charge in [-0.3, -0.25) is 44.4 Å². The molecule has 4 aromatic carbocycles. The zero-order valence-electron chi connectivity index (χ0n) is 41.5. The molecule has 0 aliphatic carbocycles. The SMILES string of the molecule is Cc1cc(COc2ccc(C(=O)NCC3(C(=O)NO)CCN(C(=O)C(C)(C)C)CC3)cc2)c2ccccc2n1.Cc1cc(COc2ccc(C(=O)NCC3(C(=O)NO)CCNCC3)cc2)c2ccccc2n1. The van der Waals surface area contributed by atoms with E-state index in [1.165, 1.54) is 0 Å². The molecule has 2 saturated heterocycles. The highest BCUT2D eigenvalue weighted by molar-refractivity contribution is 5.96. The molecule has 0 atom stereocenters. The molecule has 8 rings (SSSR count). The lowest BCUT2D eigenvalue weighted by Crippen LogP contribution is -2.55. The van der Waals surface area contributed by atoms with Gasteiger partial charge in [0, 0.05) is 76.0 Å². The molecule has 7 N–H and O–H groups in total. The summed E-state index contributed by atoms with van der Waals surface area (Å²) in [5.41, 5.74) is 7.83. The van der Waals surface area contributed by atoms with Gasteiger partial charge in [0.15, 0.2) is 0 Å². The van der Waals surface area contributed by atoms with E-state index in [2.05, 4.69) is 25.9 Å². The Bertz CT molecular complexity index is 2890. The number of nitrogens with zero attached hydrogens (tertiary/aromatic N) is 3. The number of hydrogen-bond donors (Lipinski definition) is 7. The topological polar surface area (TPSA) is 233 Å². The summed E-state index contributed by atoms with van der Waals surface area (Å²) in [4.78, 5) is 73.9. The highest BCUT2D eigenvalue weighted by Gasteiger charge is 2.44. The van der Waals surface area contributed by atoms with E-state index in [0.29, 0.717) is 87.7 Å². The first kappa shape index (κ1) is 52.4. The Labute approximate surface area is 419 Å². The van der Waals surface area contributed by atoms with E-state index in [0.717, 1.165) is 44.3 Å². The molecule has 6 aromatic rings. The fourth-order valence-corrected chi connectivity index (χ4v) is 9.18. The first-order valence-corrected chi connectivity index (χ1v) is 24.1. The fraction of sp³-hybridized carbons (Fsp3) is 0.364. The molecular weight excluding hydrogens is 917 g/mol. The van der Waals surface area contributed by atoms with Gasteiger partial charge in [-0.2, -0.15) is 0 Å². The zero-order valence-corrected chi connectivity index (χ0v) is 41.5. The van der Waals surface area contributed by atoms with Crippen LogP contribution >= 0.6 is 0 Å². The number of piperidine rings is 2. The number of benzene rings is 4. The number of carbonyl (C=O) groups is 5. The van der Waals surface area contributed by atoms with Crippen molar-refractivity contribution >= 4 is 51.3 Å². The van der Waals surface area contributed by atoms with Crippen molar-refractivity contribution in [3.8, 4) is 11.5 Å². The number of rotatable bonds is 14. The normalized spacial score (nSPS) is 15.1. The Morgan fingerprint density at radius 3 is 1.42 bits per heavy atom. The lowest BCUT2D eigenvalue weighted by Gasteiger charge is -2.41. The van der Waals surface area contributed by atoms with Crippen molar-refractivity contribution in [3.05, 3.63) is 143 Å². The molecule has 0 unspecified atom stereocenters. The number of hydroxylamine groups is 2. The van der Waals surface area contributed by atoms with E-state index < -0.39 is 28.1 Å². The minimum absolute atomic E-state index is 0.0131. The second-order valence-corrected chi connectivity index (χ2v) is 19.6. The summed E-state index contributed by atoms with van der Waals surface area (Å²) >= 11 is 0. The number of hydrogen-bond acceptors (Lipinski definition) is 12. The van der Waals surface area contributed by atoms with Gasteiger partial charge in [0.1, 0.15) is 24.7 Å². The van der Waals surface area contributed by atoms with Crippen LogP contribution in [0.15, 0.2) is 109 Å². The van der Waals surface area contributed by atoms with Crippen molar-refractivity contribution in [1.29, 1.82) is 0 Å². The molecule has 17 heteroatoms. The molecule has 4 heterocycles. The first-order valence-electron chi connectivity index (χ1n) is 24.1. The summed E-state index contributed by atoms with van der Waals surface area (Å²) in [7, 11) is 0. The number of carbonyl (C=O) groups excluding carboxylic acids is 5. The molecule has 0 spiro atoms. The lowest BCUT2D eigenvalue weighted by molar-refractivity contribution is -0.149. The van der Waals surface area contributed by atoms with Crippen LogP contribution in [0.3, 0.4) is 0 Å². The third-order valence-corrected chi connectivity index (χ3v) is 13.4. The van der Waals surface area contributed by atoms with Crippen LogP contribution < -0.4 is 36.4 Å². The predicted molar refractivity (Wildman–Crippen MR) is 271 cm³/mol. The maximum Gasteiger partial charge on any atom is 0.251 e. The molecule has 2 fully saturated rings. The van der Waals surface area contributed by atoms with Gasteiger partial charge in [-0.15, -0.1) is 0 Å². The van der Waals surface area contributed by atoms with Crippen LogP contribution in [0.25, 0.3) is 21.8 Å². The van der Waals surface area contributed by atoms with Gasteiger partial charge in [0.2, 0.25) is 5.91 Å². The van der Waals surface area contributed by atoms with Crippen molar-refractivity contribution in [2.75, 3.05) is 39.3 Å². The molecule has 2 aliphatic rings. The summed E-state index contributed by atoms with van der Waals surface area (Å²) in [5.74, 6) is -0.354. The Morgan fingerprint density at radius 2 is 1.01 bits per heavy atom. The number of para-hydroxylation sites is 2. The summed E-state index contributed by atoms with van der Waals surface area (Å²) in [6.07, 6.45) is 1.74. The quantitative estimate of drug-likeness (QED) is 0.0444. The van der Waals surface area contributed by atoms with E-state index in [1.807, 2.05) is 95.3 Å². The summed E-state index contributed by atoms with van der Waals surface area (Å²) in [6.45, 7) is 12.5. The van der Waals surface area contributed by atoms with Crippen molar-refractivity contribution < 1.29 is 43.9 Å². The van der Waals surface area contributed by atoms with Gasteiger partial charge < -0.3 is 30.3 Å². The van der Waals surface area contributed by atoms with Crippen LogP contribution in [-0.2, 0) is 27.6 Å². The van der Waals surface area contributed by atoms with E-state index in [1.54, 1.807) is 64.4 Å². The smallest absolute Gasteiger partial charge is 0.251 e. The second-order valence-electron chi connectivity index (χ2n) is 19.6. The van der Waals surface area contributed by atoms with E-state index >= 15 is 0 Å². The zero-order chi connectivity index (χ0) is 51.5. The molecule has 5 amide bonds. The molecule has 72 heavy (non-hydrogen) atoms. The van der Waals surface area contributed by atoms with E-state index in [-0.39, 0.29) is 30.8 Å². The number of likely N-dealkylation sites (tertiary alicyclic amines) is 1. The van der Waals surface area contributed by atoms with Gasteiger partial charge in [-0.1, -0.05) is 57.2 Å². The molecule has 2 aliphatic heterocycles. The molecule has 2 aromatic heterocycles. The monoisotopic (exact) mass is 980 g/mol. The minimum Gasteiger partial charge on any atom is -0.489 e. The van der Waals surface area contributed by atoms with Crippen LogP contribution in [0.5, 0.6) is 11.5 Å². The van der Waals surface area contributed by atoms with Gasteiger partial charge in [-0.05, 0) is 125 Å². The Kier molecular flexibility index (Phi) is 16.9. The number of aromatic nitrogens is 2. The predicted octanol–water partition coefficient (Wildman–Crippen LogP) is 6.74. The fourth-order valence-electron chi connectivity index (χ4n) is 9.18.